The fraction of sp³-hybridized carbons (Fsp3) is 0.333. The van der Waals surface area contributed by atoms with Gasteiger partial charge in [0.15, 0.2) is 0 Å². The zero-order valence-corrected chi connectivity index (χ0v) is 18.4. The molecule has 10 heteroatoms. The highest BCUT2D eigenvalue weighted by Gasteiger charge is 2.36. The normalized spacial score (nSPS) is 17.9. The van der Waals surface area contributed by atoms with E-state index >= 15 is 0 Å². The summed E-state index contributed by atoms with van der Waals surface area (Å²) in [7, 11) is 0. The average molecular weight is 463 g/mol. The standard InChI is InChI=1S/C24H23F2N7O/c25-17-7-15(8-18(26)9-17)24(34)31-5-2-19(3-6-31)32-12-20(13-32)33-11-16(10-30-33)22-21-1-4-27-23(21)29-14-28-22/h1,4,7-11,14,19-20H,2-3,5-6,12-13H2,(H,27,28,29). The van der Waals surface area contributed by atoms with Crippen molar-refractivity contribution in [1.82, 2.24) is 34.5 Å². The third-order valence-corrected chi connectivity index (χ3v) is 6.87. The lowest BCUT2D eigenvalue weighted by atomic mass is 9.97. The minimum Gasteiger partial charge on any atom is -0.346 e. The van der Waals surface area contributed by atoms with E-state index in [1.54, 1.807) is 11.2 Å². The summed E-state index contributed by atoms with van der Waals surface area (Å²) in [6.07, 6.45) is 8.97. The molecule has 2 fully saturated rings. The van der Waals surface area contributed by atoms with Gasteiger partial charge in [0.2, 0.25) is 0 Å². The van der Waals surface area contributed by atoms with Crippen LogP contribution < -0.4 is 0 Å². The van der Waals surface area contributed by atoms with Crippen LogP contribution in [0.5, 0.6) is 0 Å². The van der Waals surface area contributed by atoms with Crippen LogP contribution in [0.2, 0.25) is 0 Å². The van der Waals surface area contributed by atoms with Crippen molar-refractivity contribution in [3.63, 3.8) is 0 Å². The molecule has 0 saturated carbocycles. The first-order valence-corrected chi connectivity index (χ1v) is 11.4. The maximum Gasteiger partial charge on any atom is 0.254 e. The molecule has 2 saturated heterocycles. The number of nitrogens with zero attached hydrogens (tertiary/aromatic N) is 6. The van der Waals surface area contributed by atoms with Crippen LogP contribution in [0, 0.1) is 11.6 Å². The molecule has 3 aromatic heterocycles. The second-order valence-electron chi connectivity index (χ2n) is 8.96. The Morgan fingerprint density at radius 3 is 2.56 bits per heavy atom. The van der Waals surface area contributed by atoms with Crippen LogP contribution in [0.3, 0.4) is 0 Å². The zero-order valence-electron chi connectivity index (χ0n) is 18.4. The Kier molecular flexibility index (Phi) is 5.09. The van der Waals surface area contributed by atoms with Gasteiger partial charge in [-0.05, 0) is 31.0 Å². The summed E-state index contributed by atoms with van der Waals surface area (Å²) < 4.78 is 29.0. The van der Waals surface area contributed by atoms with Gasteiger partial charge in [-0.1, -0.05) is 0 Å². The SMILES string of the molecule is O=C(c1cc(F)cc(F)c1)N1CCC(N2CC(n3cc(-c4ncnc5[nH]ccc45)cn3)C2)CC1. The van der Waals surface area contributed by atoms with Crippen molar-refractivity contribution in [2.75, 3.05) is 26.2 Å². The molecule has 0 spiro atoms. The maximum absolute atomic E-state index is 13.5. The molecule has 1 amide bonds. The molecule has 0 aliphatic carbocycles. The second-order valence-corrected chi connectivity index (χ2v) is 8.96. The minimum atomic E-state index is -0.733. The van der Waals surface area contributed by atoms with E-state index in [0.717, 1.165) is 66.4 Å². The van der Waals surface area contributed by atoms with Gasteiger partial charge in [-0.2, -0.15) is 5.10 Å². The molecular weight excluding hydrogens is 440 g/mol. The largest absolute Gasteiger partial charge is 0.346 e. The third kappa shape index (κ3) is 3.73. The number of aromatic nitrogens is 5. The number of aromatic amines is 1. The number of nitrogens with one attached hydrogen (secondary N) is 1. The van der Waals surface area contributed by atoms with Gasteiger partial charge in [0.1, 0.15) is 23.6 Å². The Morgan fingerprint density at radius 1 is 1.03 bits per heavy atom. The van der Waals surface area contributed by atoms with Crippen LogP contribution in [0.15, 0.2) is 49.2 Å². The average Bonchev–Trinajstić information content (AvgIpc) is 3.47. The van der Waals surface area contributed by atoms with Crippen molar-refractivity contribution in [1.29, 1.82) is 0 Å². The van der Waals surface area contributed by atoms with Gasteiger partial charge in [-0.25, -0.2) is 18.7 Å². The van der Waals surface area contributed by atoms with Crippen LogP contribution in [0.1, 0.15) is 29.2 Å². The van der Waals surface area contributed by atoms with E-state index in [0.29, 0.717) is 25.2 Å². The monoisotopic (exact) mass is 463 g/mol. The molecule has 174 valence electrons. The summed E-state index contributed by atoms with van der Waals surface area (Å²) in [5.74, 6) is -1.78. The zero-order chi connectivity index (χ0) is 23.2. The number of benzene rings is 1. The Morgan fingerprint density at radius 2 is 1.79 bits per heavy atom. The van der Waals surface area contributed by atoms with E-state index in [2.05, 4.69) is 25.0 Å². The first-order valence-electron chi connectivity index (χ1n) is 11.4. The van der Waals surface area contributed by atoms with Gasteiger partial charge in [0.25, 0.3) is 5.91 Å². The molecule has 6 rings (SSSR count). The van der Waals surface area contributed by atoms with Gasteiger partial charge >= 0.3 is 0 Å². The van der Waals surface area contributed by atoms with Crippen molar-refractivity contribution >= 4 is 16.9 Å². The Hall–Kier alpha value is -3.66. The number of carbonyl (C=O) groups excluding carboxylic acids is 1. The maximum atomic E-state index is 13.5. The third-order valence-electron chi connectivity index (χ3n) is 6.87. The van der Waals surface area contributed by atoms with Crippen molar-refractivity contribution in [2.24, 2.45) is 0 Å². The molecule has 2 aliphatic heterocycles. The van der Waals surface area contributed by atoms with Crippen LogP contribution >= 0.6 is 0 Å². The quantitative estimate of drug-likeness (QED) is 0.502. The first kappa shape index (κ1) is 20.9. The molecule has 1 N–H and O–H groups in total. The molecule has 1 aromatic carbocycles. The number of H-pyrrole nitrogens is 1. The summed E-state index contributed by atoms with van der Waals surface area (Å²) >= 11 is 0. The number of amides is 1. The smallest absolute Gasteiger partial charge is 0.254 e. The molecule has 0 bridgehead atoms. The molecule has 4 aromatic rings. The highest BCUT2D eigenvalue weighted by Crippen LogP contribution is 2.30. The van der Waals surface area contributed by atoms with E-state index in [-0.39, 0.29) is 11.5 Å². The second kappa shape index (κ2) is 8.28. The molecule has 0 radical (unpaired) electrons. The number of piperidine rings is 1. The molecular formula is C24H23F2N7O. The molecule has 0 atom stereocenters. The van der Waals surface area contributed by atoms with Crippen molar-refractivity contribution in [3.05, 3.63) is 66.4 Å². The van der Waals surface area contributed by atoms with Gasteiger partial charge in [-0.15, -0.1) is 0 Å². The summed E-state index contributed by atoms with van der Waals surface area (Å²) in [5, 5.41) is 5.55. The van der Waals surface area contributed by atoms with E-state index in [1.165, 1.54) is 0 Å². The summed E-state index contributed by atoms with van der Waals surface area (Å²) in [5.41, 5.74) is 2.70. The summed E-state index contributed by atoms with van der Waals surface area (Å²) in [4.78, 5) is 28.5. The Labute approximate surface area is 194 Å². The molecule has 34 heavy (non-hydrogen) atoms. The van der Waals surface area contributed by atoms with Gasteiger partial charge in [0.05, 0.1) is 17.9 Å². The van der Waals surface area contributed by atoms with Crippen LogP contribution in [0.4, 0.5) is 8.78 Å². The Balaban J connectivity index is 1.05. The number of fused-ring (bicyclic) bond motifs is 1. The number of likely N-dealkylation sites (tertiary alicyclic amines) is 2. The van der Waals surface area contributed by atoms with Crippen molar-refractivity contribution in [2.45, 2.75) is 24.9 Å². The topological polar surface area (TPSA) is 82.9 Å². The van der Waals surface area contributed by atoms with Crippen LogP contribution in [-0.4, -0.2) is 72.7 Å². The van der Waals surface area contributed by atoms with Gasteiger partial charge in [0, 0.05) is 67.2 Å². The predicted octanol–water partition coefficient (Wildman–Crippen LogP) is 3.26. The fourth-order valence-corrected chi connectivity index (χ4v) is 5.01. The van der Waals surface area contributed by atoms with E-state index in [9.17, 15) is 13.6 Å². The minimum absolute atomic E-state index is 0.0649. The number of hydrogen-bond acceptors (Lipinski definition) is 5. The molecule has 8 nitrogen and oxygen atoms in total. The van der Waals surface area contributed by atoms with E-state index in [4.69, 9.17) is 0 Å². The van der Waals surface area contributed by atoms with Gasteiger partial charge in [-0.3, -0.25) is 14.4 Å². The molecule has 5 heterocycles. The highest BCUT2D eigenvalue weighted by atomic mass is 19.1. The number of halogens is 2. The first-order chi connectivity index (χ1) is 16.5. The summed E-state index contributed by atoms with van der Waals surface area (Å²) in [6.45, 7) is 2.96. The van der Waals surface area contributed by atoms with Crippen molar-refractivity contribution < 1.29 is 13.6 Å². The van der Waals surface area contributed by atoms with E-state index < -0.39 is 11.6 Å². The molecule has 0 unspecified atom stereocenters. The van der Waals surface area contributed by atoms with Crippen LogP contribution in [-0.2, 0) is 0 Å². The van der Waals surface area contributed by atoms with Crippen LogP contribution in [0.25, 0.3) is 22.3 Å². The number of hydrogen-bond donors (Lipinski definition) is 1. The lowest BCUT2D eigenvalue weighted by Crippen LogP contribution is -2.56. The fourth-order valence-electron chi connectivity index (χ4n) is 5.01. The van der Waals surface area contributed by atoms with Crippen molar-refractivity contribution in [3.8, 4) is 11.3 Å². The van der Waals surface area contributed by atoms with E-state index in [1.807, 2.05) is 29.3 Å². The van der Waals surface area contributed by atoms with Gasteiger partial charge < -0.3 is 9.88 Å². The highest BCUT2D eigenvalue weighted by molar-refractivity contribution is 5.94. The number of rotatable bonds is 4. The molecule has 2 aliphatic rings. The summed E-state index contributed by atoms with van der Waals surface area (Å²) in [6, 6.07) is 5.62. The lowest BCUT2D eigenvalue weighted by Gasteiger charge is -2.47. The Bertz CT molecular complexity index is 1330. The predicted molar refractivity (Wildman–Crippen MR) is 121 cm³/mol. The lowest BCUT2D eigenvalue weighted by molar-refractivity contribution is 0.0197. The number of carbonyl (C=O) groups is 1.